The van der Waals surface area contributed by atoms with Crippen LogP contribution >= 0.6 is 23.1 Å². The van der Waals surface area contributed by atoms with Gasteiger partial charge >= 0.3 is 0 Å². The Morgan fingerprint density at radius 2 is 1.95 bits per heavy atom. The number of fused-ring (bicyclic) bond motifs is 1. The second kappa shape index (κ2) is 6.95. The summed E-state index contributed by atoms with van der Waals surface area (Å²) in [4.78, 5) is 4.53. The number of rotatable bonds is 4. The third kappa shape index (κ3) is 3.56. The Morgan fingerprint density at radius 3 is 2.55 bits per heavy atom. The van der Waals surface area contributed by atoms with Crippen LogP contribution in [0.25, 0.3) is 10.2 Å². The Hall–Kier alpha value is -2.53. The fourth-order valence-corrected chi connectivity index (χ4v) is 3.99. The van der Waals surface area contributed by atoms with Crippen molar-refractivity contribution in [1.29, 1.82) is 15.8 Å². The highest BCUT2D eigenvalue weighted by Gasteiger charge is 2.09. The first kappa shape index (κ1) is 15.9. The van der Waals surface area contributed by atoms with Gasteiger partial charge in [-0.15, -0.1) is 11.3 Å². The zero-order valence-electron chi connectivity index (χ0n) is 11.9. The third-order valence-corrected chi connectivity index (χ3v) is 4.68. The van der Waals surface area contributed by atoms with E-state index >= 15 is 0 Å². The minimum Gasteiger partial charge on any atom is -0.345 e. The van der Waals surface area contributed by atoms with E-state index in [1.54, 1.807) is 41.3 Å². The Bertz CT molecular complexity index is 843. The molecule has 0 aliphatic rings. The molecule has 0 unspecified atom stereocenters. The number of nitriles is 3. The fraction of sp³-hybridized carbons (Fsp3) is 0.200. The summed E-state index contributed by atoms with van der Waals surface area (Å²) < 4.78 is 1.98. The normalized spacial score (nSPS) is 9.82. The molecule has 0 atom stereocenters. The second-order valence-corrected chi connectivity index (χ2v) is 7.39. The molecule has 1 aromatic heterocycles. The van der Waals surface area contributed by atoms with Crippen LogP contribution in [-0.2, 0) is 0 Å². The molecule has 0 spiro atoms. The van der Waals surface area contributed by atoms with Crippen molar-refractivity contribution in [2.75, 3.05) is 5.32 Å². The van der Waals surface area contributed by atoms with Crippen molar-refractivity contribution in [1.82, 2.24) is 4.98 Å². The summed E-state index contributed by atoms with van der Waals surface area (Å²) in [7, 11) is 0. The van der Waals surface area contributed by atoms with E-state index in [1.807, 2.05) is 18.2 Å². The quantitative estimate of drug-likeness (QED) is 0.673. The SMILES string of the molecule is CC(C)Sc1nc2ccc(NC(C#N)=C(C#N)C#N)cc2s1. The standard InChI is InChI=1S/C15H11N5S2/c1-9(2)21-15-20-12-4-3-11(5-14(12)22-15)19-13(8-18)10(6-16)7-17/h3-5,9,19H,1-2H3. The lowest BCUT2D eigenvalue weighted by Gasteiger charge is -2.03. The van der Waals surface area contributed by atoms with E-state index in [1.165, 1.54) is 0 Å². The molecule has 0 fully saturated rings. The minimum atomic E-state index is -0.233. The van der Waals surface area contributed by atoms with Crippen LogP contribution in [0.15, 0.2) is 33.8 Å². The van der Waals surface area contributed by atoms with Crippen molar-refractivity contribution in [3.05, 3.63) is 29.5 Å². The zero-order chi connectivity index (χ0) is 16.1. The second-order valence-electron chi connectivity index (χ2n) is 4.54. The molecule has 1 heterocycles. The van der Waals surface area contributed by atoms with E-state index < -0.39 is 0 Å². The van der Waals surface area contributed by atoms with Gasteiger partial charge in [0.15, 0.2) is 9.91 Å². The molecule has 0 aliphatic heterocycles. The summed E-state index contributed by atoms with van der Waals surface area (Å²) in [6.45, 7) is 4.22. The van der Waals surface area contributed by atoms with E-state index in [9.17, 15) is 0 Å². The molecule has 1 N–H and O–H groups in total. The molecule has 22 heavy (non-hydrogen) atoms. The molecule has 108 valence electrons. The van der Waals surface area contributed by atoms with Gasteiger partial charge in [0.05, 0.1) is 10.2 Å². The lowest BCUT2D eigenvalue weighted by atomic mass is 10.2. The highest BCUT2D eigenvalue weighted by atomic mass is 32.2. The molecule has 0 amide bonds. The summed E-state index contributed by atoms with van der Waals surface area (Å²) in [5.41, 5.74) is 1.26. The van der Waals surface area contributed by atoms with Gasteiger partial charge in [0, 0.05) is 10.9 Å². The van der Waals surface area contributed by atoms with Crippen molar-refractivity contribution < 1.29 is 0 Å². The molecular weight excluding hydrogens is 314 g/mol. The molecule has 5 nitrogen and oxygen atoms in total. The van der Waals surface area contributed by atoms with Gasteiger partial charge in [-0.05, 0) is 18.2 Å². The topological polar surface area (TPSA) is 96.3 Å². The van der Waals surface area contributed by atoms with Gasteiger partial charge < -0.3 is 5.32 Å². The Kier molecular flexibility index (Phi) is 5.01. The zero-order valence-corrected chi connectivity index (χ0v) is 13.5. The maximum Gasteiger partial charge on any atom is 0.163 e. The molecule has 0 saturated heterocycles. The Balaban J connectivity index is 2.34. The molecule has 0 radical (unpaired) electrons. The first-order valence-corrected chi connectivity index (χ1v) is 8.05. The fourth-order valence-electron chi connectivity index (χ4n) is 1.66. The van der Waals surface area contributed by atoms with E-state index in [4.69, 9.17) is 15.8 Å². The van der Waals surface area contributed by atoms with Crippen LogP contribution in [0.1, 0.15) is 13.8 Å². The first-order valence-electron chi connectivity index (χ1n) is 6.36. The van der Waals surface area contributed by atoms with Crippen LogP contribution in [0.3, 0.4) is 0 Å². The van der Waals surface area contributed by atoms with E-state index in [0.29, 0.717) is 10.9 Å². The van der Waals surface area contributed by atoms with Crippen molar-refractivity contribution in [3.8, 4) is 18.2 Å². The molecular formula is C15H11N5S2. The number of benzene rings is 1. The maximum absolute atomic E-state index is 9.05. The third-order valence-electron chi connectivity index (χ3n) is 2.56. The van der Waals surface area contributed by atoms with Gasteiger partial charge in [0.1, 0.15) is 23.9 Å². The van der Waals surface area contributed by atoms with Crippen LogP contribution in [0, 0.1) is 34.0 Å². The minimum absolute atomic E-state index is 0.0503. The van der Waals surface area contributed by atoms with Crippen LogP contribution in [0.2, 0.25) is 0 Å². The molecule has 0 bridgehead atoms. The molecule has 1 aromatic carbocycles. The summed E-state index contributed by atoms with van der Waals surface area (Å²) in [5, 5.41) is 30.0. The van der Waals surface area contributed by atoms with Crippen LogP contribution in [0.4, 0.5) is 5.69 Å². The highest BCUT2D eigenvalue weighted by Crippen LogP contribution is 2.33. The van der Waals surface area contributed by atoms with E-state index in [-0.39, 0.29) is 11.3 Å². The van der Waals surface area contributed by atoms with Crippen molar-refractivity contribution in [2.24, 2.45) is 0 Å². The lowest BCUT2D eigenvalue weighted by molar-refractivity contribution is 1.10. The summed E-state index contributed by atoms with van der Waals surface area (Å²) in [5.74, 6) is 0. The van der Waals surface area contributed by atoms with Gasteiger partial charge in [0.2, 0.25) is 0 Å². The average Bonchev–Trinajstić information content (AvgIpc) is 2.87. The molecule has 2 rings (SSSR count). The molecule has 2 aromatic rings. The number of thiazole rings is 1. The van der Waals surface area contributed by atoms with E-state index in [2.05, 4.69) is 24.1 Å². The number of anilines is 1. The van der Waals surface area contributed by atoms with Gasteiger partial charge in [0.25, 0.3) is 0 Å². The largest absolute Gasteiger partial charge is 0.345 e. The van der Waals surface area contributed by atoms with Crippen molar-refractivity contribution >= 4 is 39.0 Å². The van der Waals surface area contributed by atoms with Gasteiger partial charge in [-0.1, -0.05) is 25.6 Å². The number of nitrogens with zero attached hydrogens (tertiary/aromatic N) is 4. The van der Waals surface area contributed by atoms with Gasteiger partial charge in [-0.2, -0.15) is 15.8 Å². The smallest absolute Gasteiger partial charge is 0.163 e. The Labute approximate surface area is 136 Å². The molecule has 0 aliphatic carbocycles. The Morgan fingerprint density at radius 1 is 1.23 bits per heavy atom. The molecule has 7 heteroatoms. The van der Waals surface area contributed by atoms with Crippen LogP contribution in [0.5, 0.6) is 0 Å². The number of allylic oxidation sites excluding steroid dienone is 2. The number of nitrogens with one attached hydrogen (secondary N) is 1. The predicted molar refractivity (Wildman–Crippen MR) is 88.1 cm³/mol. The average molecular weight is 325 g/mol. The predicted octanol–water partition coefficient (Wildman–Crippen LogP) is 4.03. The monoisotopic (exact) mass is 325 g/mol. The van der Waals surface area contributed by atoms with Crippen molar-refractivity contribution in [3.63, 3.8) is 0 Å². The van der Waals surface area contributed by atoms with E-state index in [0.717, 1.165) is 14.6 Å². The van der Waals surface area contributed by atoms with Crippen LogP contribution in [-0.4, -0.2) is 10.2 Å². The van der Waals surface area contributed by atoms with Gasteiger partial charge in [-0.3, -0.25) is 0 Å². The van der Waals surface area contributed by atoms with Crippen molar-refractivity contribution in [2.45, 2.75) is 23.4 Å². The maximum atomic E-state index is 9.05. The number of thioether (sulfide) groups is 1. The summed E-state index contributed by atoms with van der Waals surface area (Å²) >= 11 is 3.28. The lowest BCUT2D eigenvalue weighted by Crippen LogP contribution is -2.00. The molecule has 0 saturated carbocycles. The van der Waals surface area contributed by atoms with Gasteiger partial charge in [-0.25, -0.2) is 4.98 Å². The summed E-state index contributed by atoms with van der Waals surface area (Å²) in [6.07, 6.45) is 0. The van der Waals surface area contributed by atoms with Crippen LogP contribution < -0.4 is 5.32 Å². The first-order chi connectivity index (χ1) is 10.6. The summed E-state index contributed by atoms with van der Waals surface area (Å²) in [6, 6.07) is 10.7. The number of hydrogen-bond acceptors (Lipinski definition) is 7. The number of aromatic nitrogens is 1. The number of hydrogen-bond donors (Lipinski definition) is 1. The highest BCUT2D eigenvalue weighted by molar-refractivity contribution is 8.01.